The van der Waals surface area contributed by atoms with Crippen LogP contribution >= 0.6 is 0 Å². The molecule has 0 aliphatic carbocycles. The topological polar surface area (TPSA) is 112 Å². The summed E-state index contributed by atoms with van der Waals surface area (Å²) < 4.78 is 48.6. The number of β-amino-alcohol motifs (C(OH)–C–C–N with tert-alkyl or cyclic N) is 1. The molecule has 4 atom stereocenters. The Morgan fingerprint density at radius 3 is 2.33 bits per heavy atom. The van der Waals surface area contributed by atoms with E-state index in [0.29, 0.717) is 5.75 Å². The Labute approximate surface area is 157 Å². The number of esters is 1. The molecule has 27 heavy (non-hydrogen) atoms. The summed E-state index contributed by atoms with van der Waals surface area (Å²) in [7, 11) is -1.48. The maximum Gasteiger partial charge on any atom is 0.327 e. The fourth-order valence-corrected chi connectivity index (χ4v) is 5.03. The van der Waals surface area contributed by atoms with E-state index in [1.165, 1.54) is 38.5 Å². The van der Waals surface area contributed by atoms with Crippen LogP contribution in [0.2, 0.25) is 0 Å². The number of ether oxygens (including phenoxy) is 4. The number of rotatable bonds is 4. The van der Waals surface area contributed by atoms with Crippen molar-refractivity contribution in [3.8, 4) is 5.75 Å². The lowest BCUT2D eigenvalue weighted by Gasteiger charge is -2.40. The van der Waals surface area contributed by atoms with Crippen molar-refractivity contribution in [2.24, 2.45) is 0 Å². The first-order valence-electron chi connectivity index (χ1n) is 8.38. The summed E-state index contributed by atoms with van der Waals surface area (Å²) in [5, 5.41) is 10.5. The monoisotopic (exact) mass is 401 g/mol. The van der Waals surface area contributed by atoms with Crippen molar-refractivity contribution in [3.63, 3.8) is 0 Å². The first-order valence-corrected chi connectivity index (χ1v) is 9.82. The van der Waals surface area contributed by atoms with Crippen LogP contribution in [-0.4, -0.2) is 74.7 Å². The highest BCUT2D eigenvalue weighted by molar-refractivity contribution is 7.89. The van der Waals surface area contributed by atoms with E-state index in [1.54, 1.807) is 13.8 Å². The van der Waals surface area contributed by atoms with Crippen molar-refractivity contribution in [1.82, 2.24) is 4.31 Å². The van der Waals surface area contributed by atoms with Gasteiger partial charge in [0.2, 0.25) is 10.0 Å². The van der Waals surface area contributed by atoms with E-state index < -0.39 is 46.1 Å². The minimum atomic E-state index is -4.12. The highest BCUT2D eigenvalue weighted by atomic mass is 32.2. The molecule has 0 saturated carbocycles. The zero-order valence-electron chi connectivity index (χ0n) is 15.5. The second-order valence-electron chi connectivity index (χ2n) is 6.85. The molecular formula is C17H23NO8S. The van der Waals surface area contributed by atoms with E-state index in [0.717, 1.165) is 4.31 Å². The Bertz CT molecular complexity index is 807. The summed E-state index contributed by atoms with van der Waals surface area (Å²) in [5.74, 6) is -1.36. The van der Waals surface area contributed by atoms with Crippen molar-refractivity contribution in [2.75, 3.05) is 20.8 Å². The van der Waals surface area contributed by atoms with E-state index in [4.69, 9.17) is 18.9 Å². The number of sulfonamides is 1. The van der Waals surface area contributed by atoms with E-state index in [-0.39, 0.29) is 11.4 Å². The number of aliphatic hydroxyl groups is 1. The lowest BCUT2D eigenvalue weighted by Crippen LogP contribution is -2.64. The van der Waals surface area contributed by atoms with Crippen LogP contribution in [0.1, 0.15) is 13.8 Å². The summed E-state index contributed by atoms with van der Waals surface area (Å²) in [6, 6.07) is 4.47. The number of hydrogen-bond donors (Lipinski definition) is 1. The van der Waals surface area contributed by atoms with Crippen LogP contribution < -0.4 is 4.74 Å². The number of benzene rings is 1. The molecule has 1 N–H and O–H groups in total. The number of carbonyl (C=O) groups excluding carboxylic acids is 1. The maximum absolute atomic E-state index is 13.2. The summed E-state index contributed by atoms with van der Waals surface area (Å²) >= 11 is 0. The zero-order valence-corrected chi connectivity index (χ0v) is 16.3. The quantitative estimate of drug-likeness (QED) is 0.709. The van der Waals surface area contributed by atoms with E-state index >= 15 is 0 Å². The van der Waals surface area contributed by atoms with Gasteiger partial charge in [0.25, 0.3) is 0 Å². The van der Waals surface area contributed by atoms with Gasteiger partial charge in [-0.1, -0.05) is 0 Å². The first kappa shape index (κ1) is 20.0. The van der Waals surface area contributed by atoms with Crippen LogP contribution in [0, 0.1) is 0 Å². The molecule has 2 aliphatic rings. The van der Waals surface area contributed by atoms with Crippen LogP contribution in [-0.2, 0) is 29.0 Å². The van der Waals surface area contributed by atoms with Crippen LogP contribution in [0.5, 0.6) is 5.75 Å². The normalized spacial score (nSPS) is 30.6. The van der Waals surface area contributed by atoms with Crippen molar-refractivity contribution in [3.05, 3.63) is 24.3 Å². The third kappa shape index (κ3) is 3.55. The third-order valence-corrected chi connectivity index (χ3v) is 6.50. The van der Waals surface area contributed by atoms with Crippen LogP contribution in [0.3, 0.4) is 0 Å². The number of nitrogens with zero attached hydrogens (tertiary/aromatic N) is 1. The predicted molar refractivity (Wildman–Crippen MR) is 92.5 cm³/mol. The third-order valence-electron chi connectivity index (χ3n) is 4.64. The summed E-state index contributed by atoms with van der Waals surface area (Å²) in [5.41, 5.74) is 0. The lowest BCUT2D eigenvalue weighted by atomic mass is 9.96. The molecule has 0 spiro atoms. The second-order valence-corrected chi connectivity index (χ2v) is 8.74. The second kappa shape index (κ2) is 7.02. The number of aliphatic hydroxyl groups excluding tert-OH is 1. The molecule has 150 valence electrons. The Balaban J connectivity index is 2.02. The van der Waals surface area contributed by atoms with E-state index in [2.05, 4.69) is 0 Å². The molecule has 1 aromatic rings. The minimum absolute atomic E-state index is 0.0407. The van der Waals surface area contributed by atoms with E-state index in [9.17, 15) is 18.3 Å². The molecule has 10 heteroatoms. The smallest absolute Gasteiger partial charge is 0.327 e. The number of carbonyl (C=O) groups is 1. The predicted octanol–water partition coefficient (Wildman–Crippen LogP) is 0.122. The number of methoxy groups -OCH3 is 2. The average Bonchev–Trinajstić information content (AvgIpc) is 2.96. The van der Waals surface area contributed by atoms with Gasteiger partial charge in [0.1, 0.15) is 18.0 Å². The van der Waals surface area contributed by atoms with Gasteiger partial charge in [-0.3, -0.25) is 4.79 Å². The van der Waals surface area contributed by atoms with Crippen LogP contribution in [0.15, 0.2) is 29.2 Å². The Kier molecular flexibility index (Phi) is 5.21. The van der Waals surface area contributed by atoms with Crippen molar-refractivity contribution < 1.29 is 37.3 Å². The molecule has 0 bridgehead atoms. The SMILES string of the molecule is COC(=O)[C@H]1[C@@H]2OC(C)(C)O[C@H]2[C@@H](O)CN1S(=O)(=O)c1ccc(OC)cc1. The van der Waals surface area contributed by atoms with Gasteiger partial charge in [-0.15, -0.1) is 0 Å². The molecule has 9 nitrogen and oxygen atoms in total. The largest absolute Gasteiger partial charge is 0.497 e. The zero-order chi connectivity index (χ0) is 20.0. The summed E-state index contributed by atoms with van der Waals surface area (Å²) in [6.45, 7) is 2.94. The molecule has 0 aromatic heterocycles. The van der Waals surface area contributed by atoms with Gasteiger partial charge in [0.15, 0.2) is 11.8 Å². The summed E-state index contributed by atoms with van der Waals surface area (Å²) in [4.78, 5) is 12.4. The maximum atomic E-state index is 13.2. The number of piperidine rings is 1. The molecule has 2 heterocycles. The lowest BCUT2D eigenvalue weighted by molar-refractivity contribution is -0.160. The minimum Gasteiger partial charge on any atom is -0.497 e. The molecular weight excluding hydrogens is 378 g/mol. The highest BCUT2D eigenvalue weighted by Crippen LogP contribution is 2.39. The molecule has 2 aliphatic heterocycles. The van der Waals surface area contributed by atoms with Gasteiger partial charge in [-0.25, -0.2) is 8.42 Å². The number of fused-ring (bicyclic) bond motifs is 1. The fourth-order valence-electron chi connectivity index (χ4n) is 3.43. The Morgan fingerprint density at radius 2 is 1.78 bits per heavy atom. The highest BCUT2D eigenvalue weighted by Gasteiger charge is 2.58. The Morgan fingerprint density at radius 1 is 1.19 bits per heavy atom. The average molecular weight is 401 g/mol. The van der Waals surface area contributed by atoms with Gasteiger partial charge < -0.3 is 24.1 Å². The van der Waals surface area contributed by atoms with Gasteiger partial charge in [0.05, 0.1) is 25.2 Å². The van der Waals surface area contributed by atoms with Gasteiger partial charge in [-0.05, 0) is 38.1 Å². The molecule has 0 radical (unpaired) electrons. The standard InChI is InChI=1S/C17H23NO8S/c1-17(2)25-14-12(19)9-18(13(15(14)26-17)16(20)24-4)27(21,22)11-7-5-10(23-3)6-8-11/h5-8,12-15,19H,9H2,1-4H3/t12-,13+,14-,15-/m0/s1. The van der Waals surface area contributed by atoms with Gasteiger partial charge in [0, 0.05) is 6.54 Å². The van der Waals surface area contributed by atoms with Crippen molar-refractivity contribution in [1.29, 1.82) is 0 Å². The summed E-state index contributed by atoms with van der Waals surface area (Å²) in [6.07, 6.45) is -3.00. The molecule has 2 fully saturated rings. The number of hydrogen-bond acceptors (Lipinski definition) is 8. The first-order chi connectivity index (χ1) is 12.6. The Hall–Kier alpha value is -1.72. The van der Waals surface area contributed by atoms with Crippen LogP contribution in [0.25, 0.3) is 0 Å². The molecule has 0 amide bonds. The van der Waals surface area contributed by atoms with E-state index in [1.807, 2.05) is 0 Å². The van der Waals surface area contributed by atoms with Gasteiger partial charge in [-0.2, -0.15) is 4.31 Å². The molecule has 0 unspecified atom stereocenters. The fraction of sp³-hybridized carbons (Fsp3) is 0.588. The van der Waals surface area contributed by atoms with Gasteiger partial charge >= 0.3 is 5.97 Å². The molecule has 3 rings (SSSR count). The molecule has 1 aromatic carbocycles. The molecule has 2 saturated heterocycles. The van der Waals surface area contributed by atoms with Crippen LogP contribution in [0.4, 0.5) is 0 Å². The van der Waals surface area contributed by atoms with Crippen molar-refractivity contribution in [2.45, 2.75) is 48.9 Å². The van der Waals surface area contributed by atoms with Crippen molar-refractivity contribution >= 4 is 16.0 Å².